The van der Waals surface area contributed by atoms with E-state index in [9.17, 15) is 4.79 Å². The number of nitrogens with zero attached hydrogens (tertiary/aromatic N) is 2. The van der Waals surface area contributed by atoms with Crippen LogP contribution in [0.15, 0.2) is 18.7 Å². The van der Waals surface area contributed by atoms with Crippen LogP contribution in [0.1, 0.15) is 19.3 Å². The molecule has 1 amide bonds. The van der Waals surface area contributed by atoms with Gasteiger partial charge in [-0.3, -0.25) is 4.57 Å². The first-order valence-corrected chi connectivity index (χ1v) is 5.07. The highest BCUT2D eigenvalue weighted by Crippen LogP contribution is 2.34. The van der Waals surface area contributed by atoms with Gasteiger partial charge in [0.2, 0.25) is 0 Å². The van der Waals surface area contributed by atoms with Crippen molar-refractivity contribution in [1.29, 1.82) is 0 Å². The molecule has 1 saturated carbocycles. The van der Waals surface area contributed by atoms with E-state index >= 15 is 0 Å². The zero-order valence-electron chi connectivity index (χ0n) is 8.77. The van der Waals surface area contributed by atoms with E-state index < -0.39 is 0 Å². The number of nitrogens with one attached hydrogen (secondary N) is 1. The minimum Gasteiger partial charge on any atom is -0.376 e. The first-order valence-electron chi connectivity index (χ1n) is 5.07. The average molecular weight is 209 g/mol. The summed E-state index contributed by atoms with van der Waals surface area (Å²) in [5, 5.41) is 2.84. The second kappa shape index (κ2) is 4.02. The van der Waals surface area contributed by atoms with Crippen LogP contribution in [0, 0.1) is 0 Å². The van der Waals surface area contributed by atoms with Crippen molar-refractivity contribution in [2.75, 3.05) is 13.7 Å². The summed E-state index contributed by atoms with van der Waals surface area (Å²) < 4.78 is 6.82. The van der Waals surface area contributed by atoms with Gasteiger partial charge in [-0.1, -0.05) is 0 Å². The van der Waals surface area contributed by atoms with Gasteiger partial charge in [0.15, 0.2) is 0 Å². The lowest BCUT2D eigenvalue weighted by molar-refractivity contribution is -0.0673. The van der Waals surface area contributed by atoms with Crippen molar-refractivity contribution in [1.82, 2.24) is 14.9 Å². The van der Waals surface area contributed by atoms with E-state index in [0.29, 0.717) is 6.54 Å². The summed E-state index contributed by atoms with van der Waals surface area (Å²) in [4.78, 5) is 15.4. The number of hydrogen-bond acceptors (Lipinski definition) is 3. The molecule has 0 unspecified atom stereocenters. The molecule has 0 aromatic carbocycles. The number of amides is 1. The number of rotatable bonds is 3. The topological polar surface area (TPSA) is 56.1 Å². The fraction of sp³-hybridized carbons (Fsp3) is 0.600. The van der Waals surface area contributed by atoms with E-state index in [1.807, 2.05) is 0 Å². The second-order valence-electron chi connectivity index (χ2n) is 3.87. The van der Waals surface area contributed by atoms with Crippen molar-refractivity contribution in [3.63, 3.8) is 0 Å². The summed E-state index contributed by atoms with van der Waals surface area (Å²) in [5.41, 5.74) is -0.129. The van der Waals surface area contributed by atoms with Gasteiger partial charge >= 0.3 is 6.03 Å². The van der Waals surface area contributed by atoms with Crippen LogP contribution in [0.4, 0.5) is 4.79 Å². The predicted octanol–water partition coefficient (Wildman–Crippen LogP) is 1.01. The molecule has 1 aliphatic rings. The van der Waals surface area contributed by atoms with Crippen molar-refractivity contribution >= 4 is 6.03 Å². The van der Waals surface area contributed by atoms with Gasteiger partial charge in [-0.05, 0) is 19.3 Å². The number of imidazole rings is 1. The Morgan fingerprint density at radius 1 is 1.67 bits per heavy atom. The van der Waals surface area contributed by atoms with Gasteiger partial charge < -0.3 is 10.1 Å². The Balaban J connectivity index is 1.85. The summed E-state index contributed by atoms with van der Waals surface area (Å²) in [6.07, 6.45) is 7.90. The Bertz CT molecular complexity index is 325. The monoisotopic (exact) mass is 209 g/mol. The van der Waals surface area contributed by atoms with Crippen LogP contribution < -0.4 is 5.32 Å². The highest BCUT2D eigenvalue weighted by molar-refractivity contribution is 5.76. The minimum absolute atomic E-state index is 0.129. The van der Waals surface area contributed by atoms with Gasteiger partial charge in [0, 0.05) is 26.0 Å². The molecule has 0 saturated heterocycles. The molecular weight excluding hydrogens is 194 g/mol. The predicted molar refractivity (Wildman–Crippen MR) is 54.6 cm³/mol. The molecule has 82 valence electrons. The zero-order chi connectivity index (χ0) is 10.7. The van der Waals surface area contributed by atoms with Crippen molar-refractivity contribution in [2.24, 2.45) is 0 Å². The molecule has 1 fully saturated rings. The number of hydrogen-bond donors (Lipinski definition) is 1. The minimum atomic E-state index is -0.157. The molecule has 1 aliphatic carbocycles. The summed E-state index contributed by atoms with van der Waals surface area (Å²) in [6, 6.07) is -0.157. The van der Waals surface area contributed by atoms with E-state index in [1.54, 1.807) is 19.5 Å². The van der Waals surface area contributed by atoms with E-state index in [-0.39, 0.29) is 11.6 Å². The molecule has 1 aromatic heterocycles. The lowest BCUT2D eigenvalue weighted by atomic mass is 9.80. The maximum atomic E-state index is 11.6. The molecule has 5 heteroatoms. The summed E-state index contributed by atoms with van der Waals surface area (Å²) in [7, 11) is 1.70. The third-order valence-corrected chi connectivity index (χ3v) is 3.00. The molecule has 2 rings (SSSR count). The molecule has 15 heavy (non-hydrogen) atoms. The van der Waals surface area contributed by atoms with Crippen molar-refractivity contribution in [2.45, 2.75) is 24.9 Å². The van der Waals surface area contributed by atoms with Gasteiger partial charge in [-0.25, -0.2) is 9.78 Å². The summed E-state index contributed by atoms with van der Waals surface area (Å²) in [5.74, 6) is 0. The van der Waals surface area contributed by atoms with Crippen molar-refractivity contribution in [3.05, 3.63) is 18.7 Å². The fourth-order valence-electron chi connectivity index (χ4n) is 1.73. The third kappa shape index (κ3) is 2.02. The lowest BCUT2D eigenvalue weighted by Crippen LogP contribution is -2.49. The Hall–Kier alpha value is -1.36. The van der Waals surface area contributed by atoms with E-state index in [1.165, 1.54) is 17.3 Å². The van der Waals surface area contributed by atoms with Crippen LogP contribution >= 0.6 is 0 Å². The van der Waals surface area contributed by atoms with E-state index in [4.69, 9.17) is 4.74 Å². The Labute approximate surface area is 88.4 Å². The first kappa shape index (κ1) is 10.2. The maximum absolute atomic E-state index is 11.6. The lowest BCUT2D eigenvalue weighted by Gasteiger charge is -2.40. The molecule has 0 atom stereocenters. The van der Waals surface area contributed by atoms with E-state index in [2.05, 4.69) is 10.3 Å². The van der Waals surface area contributed by atoms with Gasteiger partial charge in [-0.15, -0.1) is 0 Å². The molecule has 0 spiro atoms. The van der Waals surface area contributed by atoms with Gasteiger partial charge in [0.1, 0.15) is 6.33 Å². The number of ether oxygens (including phenoxy) is 1. The molecule has 1 heterocycles. The molecule has 0 bridgehead atoms. The standard InChI is InChI=1S/C10H15N3O2/c1-15-10(3-2-4-10)7-12-9(14)13-6-5-11-8-13/h5-6,8H,2-4,7H2,1H3,(H,12,14). The van der Waals surface area contributed by atoms with Crippen LogP contribution in [-0.4, -0.2) is 34.8 Å². The third-order valence-electron chi connectivity index (χ3n) is 3.00. The van der Waals surface area contributed by atoms with E-state index in [0.717, 1.165) is 12.8 Å². The summed E-state index contributed by atoms with van der Waals surface area (Å²) >= 11 is 0. The zero-order valence-corrected chi connectivity index (χ0v) is 8.77. The quantitative estimate of drug-likeness (QED) is 0.808. The molecule has 0 aliphatic heterocycles. The van der Waals surface area contributed by atoms with Crippen LogP contribution in [-0.2, 0) is 4.74 Å². The molecule has 1 aromatic rings. The van der Waals surface area contributed by atoms with Crippen LogP contribution in [0.25, 0.3) is 0 Å². The molecular formula is C10H15N3O2. The second-order valence-corrected chi connectivity index (χ2v) is 3.87. The Morgan fingerprint density at radius 3 is 2.93 bits per heavy atom. The normalized spacial score (nSPS) is 18.2. The van der Waals surface area contributed by atoms with Crippen molar-refractivity contribution < 1.29 is 9.53 Å². The number of methoxy groups -OCH3 is 1. The summed E-state index contributed by atoms with van der Waals surface area (Å²) in [6.45, 7) is 0.570. The molecule has 0 radical (unpaired) electrons. The first-order chi connectivity index (χ1) is 7.26. The smallest absolute Gasteiger partial charge is 0.326 e. The van der Waals surface area contributed by atoms with Crippen LogP contribution in [0.3, 0.4) is 0 Å². The van der Waals surface area contributed by atoms with Gasteiger partial charge in [0.05, 0.1) is 5.60 Å². The fourth-order valence-corrected chi connectivity index (χ4v) is 1.73. The van der Waals surface area contributed by atoms with Crippen LogP contribution in [0.5, 0.6) is 0 Å². The maximum Gasteiger partial charge on any atom is 0.326 e. The largest absolute Gasteiger partial charge is 0.376 e. The van der Waals surface area contributed by atoms with Crippen LogP contribution in [0.2, 0.25) is 0 Å². The van der Waals surface area contributed by atoms with Crippen molar-refractivity contribution in [3.8, 4) is 0 Å². The highest BCUT2D eigenvalue weighted by Gasteiger charge is 2.37. The number of aromatic nitrogens is 2. The number of carbonyl (C=O) groups is 1. The Morgan fingerprint density at radius 2 is 2.47 bits per heavy atom. The molecule has 5 nitrogen and oxygen atoms in total. The highest BCUT2D eigenvalue weighted by atomic mass is 16.5. The SMILES string of the molecule is COC1(CNC(=O)n2ccnc2)CCC1. The van der Waals surface area contributed by atoms with Gasteiger partial charge in [0.25, 0.3) is 0 Å². The van der Waals surface area contributed by atoms with Gasteiger partial charge in [-0.2, -0.15) is 0 Å². The Kier molecular flexibility index (Phi) is 2.73. The number of carbonyl (C=O) groups excluding carboxylic acids is 1. The average Bonchev–Trinajstić information content (AvgIpc) is 2.69. The molecule has 1 N–H and O–H groups in total.